The Labute approximate surface area is 71.8 Å². The second kappa shape index (κ2) is 3.12. The normalized spacial score (nSPS) is 11.4. The van der Waals surface area contributed by atoms with Gasteiger partial charge in [0.05, 0.1) is 7.11 Å². The lowest BCUT2D eigenvalue weighted by Crippen LogP contribution is -2.08. The van der Waals surface area contributed by atoms with E-state index in [2.05, 4.69) is 9.72 Å². The molecule has 0 aliphatic carbocycles. The number of methoxy groups -OCH3 is 1. The Morgan fingerprint density at radius 1 is 1.38 bits per heavy atom. The van der Waals surface area contributed by atoms with Crippen molar-refractivity contribution in [1.82, 2.24) is 4.98 Å². The minimum absolute atomic E-state index is 0.190. The summed E-state index contributed by atoms with van der Waals surface area (Å²) in [7, 11) is 1.19. The summed E-state index contributed by atoms with van der Waals surface area (Å²) in [6, 6.07) is 2.03. The molecule has 1 aromatic rings. The van der Waals surface area contributed by atoms with E-state index in [9.17, 15) is 13.2 Å². The molecule has 72 valence electrons. The highest BCUT2D eigenvalue weighted by Crippen LogP contribution is 2.34. The van der Waals surface area contributed by atoms with Crippen LogP contribution in [-0.4, -0.2) is 17.2 Å². The topological polar surface area (TPSA) is 42.4 Å². The van der Waals surface area contributed by atoms with Crippen LogP contribution < -0.4 is 4.74 Å². The molecule has 0 aromatic carbocycles. The molecule has 1 N–H and O–H groups in total. The van der Waals surface area contributed by atoms with Crippen LogP contribution in [-0.2, 0) is 6.18 Å². The first-order chi connectivity index (χ1) is 5.95. The highest BCUT2D eigenvalue weighted by molar-refractivity contribution is 5.32. The van der Waals surface area contributed by atoms with Crippen LogP contribution in [0.25, 0.3) is 0 Å². The molecular formula is C7H6F3NO2. The molecule has 0 saturated heterocycles. The summed E-state index contributed by atoms with van der Waals surface area (Å²) in [5.41, 5.74) is -1.34. The summed E-state index contributed by atoms with van der Waals surface area (Å²) in [5, 5.41) is 8.83. The average molecular weight is 193 g/mol. The summed E-state index contributed by atoms with van der Waals surface area (Å²) in [5.74, 6) is -1.10. The maximum absolute atomic E-state index is 12.1. The van der Waals surface area contributed by atoms with E-state index in [1.54, 1.807) is 0 Å². The van der Waals surface area contributed by atoms with Gasteiger partial charge in [-0.1, -0.05) is 0 Å². The fourth-order valence-corrected chi connectivity index (χ4v) is 0.756. The molecule has 0 unspecified atom stereocenters. The van der Waals surface area contributed by atoms with Gasteiger partial charge in [-0.2, -0.15) is 13.2 Å². The lowest BCUT2D eigenvalue weighted by atomic mass is 10.3. The van der Waals surface area contributed by atoms with E-state index in [1.807, 2.05) is 0 Å². The second-order valence-corrected chi connectivity index (χ2v) is 2.22. The van der Waals surface area contributed by atoms with Gasteiger partial charge in [-0.15, -0.1) is 0 Å². The Bertz CT molecular complexity index is 311. The number of alkyl halides is 3. The first kappa shape index (κ1) is 9.63. The van der Waals surface area contributed by atoms with E-state index in [4.69, 9.17) is 5.11 Å². The maximum atomic E-state index is 12.1. The molecular weight excluding hydrogens is 187 g/mol. The van der Waals surface area contributed by atoms with Crippen LogP contribution in [0.15, 0.2) is 12.1 Å². The summed E-state index contributed by atoms with van der Waals surface area (Å²) in [4.78, 5) is 3.06. The molecule has 1 rings (SSSR count). The number of aromatic nitrogens is 1. The van der Waals surface area contributed by atoms with Gasteiger partial charge in [0.25, 0.3) is 0 Å². The van der Waals surface area contributed by atoms with Crippen molar-refractivity contribution in [2.75, 3.05) is 7.11 Å². The first-order valence-electron chi connectivity index (χ1n) is 3.26. The molecule has 0 spiro atoms. The largest absolute Gasteiger partial charge is 0.506 e. The van der Waals surface area contributed by atoms with E-state index < -0.39 is 17.6 Å². The number of rotatable bonds is 1. The summed E-state index contributed by atoms with van der Waals surface area (Å²) in [6.07, 6.45) is -4.67. The molecule has 1 heterocycles. The zero-order valence-corrected chi connectivity index (χ0v) is 6.59. The summed E-state index contributed by atoms with van der Waals surface area (Å²) >= 11 is 0. The van der Waals surface area contributed by atoms with Crippen molar-refractivity contribution in [1.29, 1.82) is 0 Å². The van der Waals surface area contributed by atoms with Gasteiger partial charge >= 0.3 is 6.18 Å². The van der Waals surface area contributed by atoms with E-state index in [0.29, 0.717) is 0 Å². The van der Waals surface area contributed by atoms with Gasteiger partial charge in [-0.3, -0.25) is 0 Å². The molecule has 1 aromatic heterocycles. The minimum atomic E-state index is -4.67. The number of hydrogen-bond donors (Lipinski definition) is 1. The highest BCUT2D eigenvalue weighted by atomic mass is 19.4. The van der Waals surface area contributed by atoms with Crippen molar-refractivity contribution in [3.8, 4) is 11.6 Å². The van der Waals surface area contributed by atoms with E-state index >= 15 is 0 Å². The second-order valence-electron chi connectivity index (χ2n) is 2.22. The lowest BCUT2D eigenvalue weighted by Gasteiger charge is -2.08. The molecule has 13 heavy (non-hydrogen) atoms. The van der Waals surface area contributed by atoms with Gasteiger partial charge in [0.15, 0.2) is 5.69 Å². The smallest absolute Gasteiger partial charge is 0.437 e. The van der Waals surface area contributed by atoms with Crippen LogP contribution >= 0.6 is 0 Å². The zero-order chi connectivity index (χ0) is 10.1. The predicted octanol–water partition coefficient (Wildman–Crippen LogP) is 1.81. The molecule has 6 heteroatoms. The van der Waals surface area contributed by atoms with Gasteiger partial charge in [0, 0.05) is 6.07 Å². The number of nitrogens with zero attached hydrogens (tertiary/aromatic N) is 1. The van der Waals surface area contributed by atoms with Crippen molar-refractivity contribution >= 4 is 0 Å². The average Bonchev–Trinajstić information content (AvgIpc) is 2.03. The molecule has 0 amide bonds. The van der Waals surface area contributed by atoms with Crippen molar-refractivity contribution in [2.45, 2.75) is 6.18 Å². The summed E-state index contributed by atoms with van der Waals surface area (Å²) < 4.78 is 40.7. The van der Waals surface area contributed by atoms with Crippen molar-refractivity contribution in [2.24, 2.45) is 0 Å². The number of hydrogen-bond acceptors (Lipinski definition) is 3. The fourth-order valence-electron chi connectivity index (χ4n) is 0.756. The third-order valence-corrected chi connectivity index (χ3v) is 1.33. The third kappa shape index (κ3) is 2.01. The van der Waals surface area contributed by atoms with Crippen molar-refractivity contribution in [3.63, 3.8) is 0 Å². The van der Waals surface area contributed by atoms with Crippen LogP contribution in [0.1, 0.15) is 5.69 Å². The molecule has 0 radical (unpaired) electrons. The molecule has 3 nitrogen and oxygen atoms in total. The Hall–Kier alpha value is -1.46. The third-order valence-electron chi connectivity index (χ3n) is 1.33. The molecule has 0 bridgehead atoms. The van der Waals surface area contributed by atoms with Gasteiger partial charge in [0.1, 0.15) is 5.75 Å². The molecule has 0 aliphatic heterocycles. The molecule has 0 saturated carbocycles. The van der Waals surface area contributed by atoms with Crippen LogP contribution in [0, 0.1) is 0 Å². The van der Waals surface area contributed by atoms with Crippen LogP contribution in [0.2, 0.25) is 0 Å². The van der Waals surface area contributed by atoms with Gasteiger partial charge < -0.3 is 9.84 Å². The highest BCUT2D eigenvalue weighted by Gasteiger charge is 2.36. The maximum Gasteiger partial charge on any atom is 0.437 e. The number of ether oxygens (including phenoxy) is 1. The number of aromatic hydroxyl groups is 1. The van der Waals surface area contributed by atoms with E-state index in [-0.39, 0.29) is 5.88 Å². The quantitative estimate of drug-likeness (QED) is 0.739. The SMILES string of the molecule is COc1ccc(O)c(C(F)(F)F)n1. The van der Waals surface area contributed by atoms with Gasteiger partial charge in [-0.05, 0) is 6.07 Å². The van der Waals surface area contributed by atoms with Gasteiger partial charge in [-0.25, -0.2) is 4.98 Å². The van der Waals surface area contributed by atoms with Crippen LogP contribution in [0.3, 0.4) is 0 Å². The Kier molecular flexibility index (Phi) is 2.31. The van der Waals surface area contributed by atoms with Crippen LogP contribution in [0.5, 0.6) is 11.6 Å². The fraction of sp³-hybridized carbons (Fsp3) is 0.286. The molecule has 0 fully saturated rings. The lowest BCUT2D eigenvalue weighted by molar-refractivity contribution is -0.142. The monoisotopic (exact) mass is 193 g/mol. The van der Waals surface area contributed by atoms with Gasteiger partial charge in [0.2, 0.25) is 5.88 Å². The number of pyridine rings is 1. The zero-order valence-electron chi connectivity index (χ0n) is 6.59. The predicted molar refractivity (Wildman–Crippen MR) is 37.5 cm³/mol. The Morgan fingerprint density at radius 3 is 2.46 bits per heavy atom. The number of halogens is 3. The van der Waals surface area contributed by atoms with Crippen LogP contribution in [0.4, 0.5) is 13.2 Å². The summed E-state index contributed by atoms with van der Waals surface area (Å²) in [6.45, 7) is 0. The molecule has 0 aliphatic rings. The Morgan fingerprint density at radius 2 is 2.00 bits per heavy atom. The first-order valence-corrected chi connectivity index (χ1v) is 3.26. The van der Waals surface area contributed by atoms with E-state index in [0.717, 1.165) is 12.1 Å². The van der Waals surface area contributed by atoms with E-state index in [1.165, 1.54) is 7.11 Å². The molecule has 0 atom stereocenters. The van der Waals surface area contributed by atoms with Crippen molar-refractivity contribution in [3.05, 3.63) is 17.8 Å². The minimum Gasteiger partial charge on any atom is -0.506 e. The standard InChI is InChI=1S/C7H6F3NO2/c1-13-5-3-2-4(12)6(11-5)7(8,9)10/h2-3,12H,1H3. The Balaban J connectivity index is 3.19. The van der Waals surface area contributed by atoms with Crippen molar-refractivity contribution < 1.29 is 23.0 Å².